The first-order valence-electron chi connectivity index (χ1n) is 5.50. The van der Waals surface area contributed by atoms with Crippen molar-refractivity contribution in [2.75, 3.05) is 0 Å². The van der Waals surface area contributed by atoms with Crippen LogP contribution in [0.3, 0.4) is 0 Å². The Kier molecular flexibility index (Phi) is 2.30. The highest BCUT2D eigenvalue weighted by atomic mass is 32.1. The zero-order valence-corrected chi connectivity index (χ0v) is 10.4. The topological polar surface area (TPSA) is 50.4 Å². The van der Waals surface area contributed by atoms with Crippen LogP contribution in [-0.2, 0) is 0 Å². The number of nitrogens with one attached hydrogen (secondary N) is 1. The van der Waals surface area contributed by atoms with Gasteiger partial charge >= 0.3 is 0 Å². The number of hydrogen-bond donors (Lipinski definition) is 2. The average Bonchev–Trinajstić information content (AvgIpc) is 2.46. The number of nitrogens with zero attached hydrogens (tertiary/aromatic N) is 1. The Morgan fingerprint density at radius 2 is 2.20 bits per heavy atom. The molecule has 0 aromatic heterocycles. The van der Waals surface area contributed by atoms with Crippen molar-refractivity contribution in [3.63, 3.8) is 0 Å². The molecule has 2 rings (SSSR count). The first kappa shape index (κ1) is 10.9. The quantitative estimate of drug-likeness (QED) is 0.530. The normalized spacial score (nSPS) is 39.7. The molecule has 0 amide bonds. The van der Waals surface area contributed by atoms with Crippen molar-refractivity contribution in [3.05, 3.63) is 0 Å². The lowest BCUT2D eigenvalue weighted by Gasteiger charge is -2.34. The van der Waals surface area contributed by atoms with Crippen LogP contribution in [0, 0.1) is 16.7 Å². The second kappa shape index (κ2) is 3.17. The summed E-state index contributed by atoms with van der Waals surface area (Å²) >= 11 is 4.77. The summed E-state index contributed by atoms with van der Waals surface area (Å²) in [5.74, 6) is 0.773. The molecule has 0 radical (unpaired) electrons. The van der Waals surface area contributed by atoms with Gasteiger partial charge in [0.25, 0.3) is 0 Å². The van der Waals surface area contributed by atoms with E-state index in [0.29, 0.717) is 5.41 Å². The molecule has 3 nitrogen and oxygen atoms in total. The molecule has 0 spiro atoms. The first-order valence-corrected chi connectivity index (χ1v) is 5.91. The fraction of sp³-hybridized carbons (Fsp3) is 0.818. The Hall–Kier alpha value is -0.640. The zero-order chi connectivity index (χ0) is 11.3. The van der Waals surface area contributed by atoms with Crippen molar-refractivity contribution in [1.82, 2.24) is 5.43 Å². The lowest BCUT2D eigenvalue weighted by molar-refractivity contribution is 0.193. The number of thiocarbonyl (C=S) groups is 1. The summed E-state index contributed by atoms with van der Waals surface area (Å²) in [5, 5.41) is 4.63. The minimum absolute atomic E-state index is 0.232. The minimum Gasteiger partial charge on any atom is -0.375 e. The predicted octanol–water partition coefficient (Wildman–Crippen LogP) is 2.02. The summed E-state index contributed by atoms with van der Waals surface area (Å²) in [4.78, 5) is 0. The largest absolute Gasteiger partial charge is 0.375 e. The molecule has 3 N–H and O–H groups in total. The molecule has 15 heavy (non-hydrogen) atoms. The van der Waals surface area contributed by atoms with E-state index in [9.17, 15) is 0 Å². The van der Waals surface area contributed by atoms with E-state index in [2.05, 4.69) is 31.3 Å². The first-order chi connectivity index (χ1) is 6.88. The molecule has 0 aromatic carbocycles. The molecule has 0 heterocycles. The van der Waals surface area contributed by atoms with Crippen molar-refractivity contribution in [2.24, 2.45) is 27.6 Å². The highest BCUT2D eigenvalue weighted by molar-refractivity contribution is 7.80. The van der Waals surface area contributed by atoms with Crippen LogP contribution < -0.4 is 11.2 Å². The molecule has 4 heteroatoms. The van der Waals surface area contributed by atoms with Gasteiger partial charge in [-0.05, 0) is 42.8 Å². The SMILES string of the molecule is CC12CCC(C/C1=N/NC(N)=S)C2(C)C. The third-order valence-corrected chi connectivity index (χ3v) is 4.90. The van der Waals surface area contributed by atoms with Gasteiger partial charge in [-0.25, -0.2) is 0 Å². The standard InChI is InChI=1S/C11H19N3S/c1-10(2)7-4-5-11(10,3)8(6-7)13-14-9(12)15/h7H,4-6H2,1-3H3,(H3,12,14,15)/b13-8-. The highest BCUT2D eigenvalue weighted by Crippen LogP contribution is 2.63. The fourth-order valence-corrected chi connectivity index (χ4v) is 3.27. The summed E-state index contributed by atoms with van der Waals surface area (Å²) in [6.45, 7) is 7.03. The van der Waals surface area contributed by atoms with Crippen LogP contribution in [0.1, 0.15) is 40.0 Å². The third-order valence-electron chi connectivity index (χ3n) is 4.81. The highest BCUT2D eigenvalue weighted by Gasteiger charge is 2.59. The van der Waals surface area contributed by atoms with E-state index in [4.69, 9.17) is 18.0 Å². The van der Waals surface area contributed by atoms with E-state index in [1.165, 1.54) is 18.6 Å². The molecule has 2 unspecified atom stereocenters. The molecule has 84 valence electrons. The summed E-state index contributed by atoms with van der Waals surface area (Å²) in [6.07, 6.45) is 3.66. The average molecular weight is 225 g/mol. The maximum atomic E-state index is 5.39. The van der Waals surface area contributed by atoms with Gasteiger partial charge in [-0.15, -0.1) is 0 Å². The fourth-order valence-electron chi connectivity index (χ4n) is 3.22. The molecule has 0 saturated heterocycles. The van der Waals surface area contributed by atoms with Crippen LogP contribution in [0.25, 0.3) is 0 Å². The second-order valence-corrected chi connectivity index (χ2v) is 5.97. The zero-order valence-electron chi connectivity index (χ0n) is 9.63. The smallest absolute Gasteiger partial charge is 0.184 e. The van der Waals surface area contributed by atoms with Gasteiger partial charge in [0.1, 0.15) is 0 Å². The summed E-state index contributed by atoms with van der Waals surface area (Å²) in [7, 11) is 0. The number of rotatable bonds is 1. The lowest BCUT2D eigenvalue weighted by atomic mass is 9.70. The maximum Gasteiger partial charge on any atom is 0.184 e. The van der Waals surface area contributed by atoms with Crippen molar-refractivity contribution in [3.8, 4) is 0 Å². The van der Waals surface area contributed by atoms with Gasteiger partial charge in [-0.2, -0.15) is 5.10 Å². The molecule has 2 aliphatic rings. The van der Waals surface area contributed by atoms with E-state index in [0.717, 1.165) is 12.3 Å². The van der Waals surface area contributed by atoms with Crippen molar-refractivity contribution < 1.29 is 0 Å². The van der Waals surface area contributed by atoms with Crippen molar-refractivity contribution >= 4 is 23.0 Å². The van der Waals surface area contributed by atoms with E-state index in [1.54, 1.807) is 0 Å². The lowest BCUT2D eigenvalue weighted by Crippen LogP contribution is -2.35. The Morgan fingerprint density at radius 1 is 1.53 bits per heavy atom. The molecule has 2 saturated carbocycles. The minimum atomic E-state index is 0.232. The molecule has 0 aromatic rings. The Balaban J connectivity index is 2.26. The summed E-state index contributed by atoms with van der Waals surface area (Å²) in [5.41, 5.74) is 9.97. The van der Waals surface area contributed by atoms with Gasteiger partial charge in [0.2, 0.25) is 0 Å². The van der Waals surface area contributed by atoms with Gasteiger partial charge in [0.15, 0.2) is 5.11 Å². The molecular formula is C11H19N3S. The molecule has 2 fully saturated rings. The Labute approximate surface area is 96.5 Å². The Bertz CT molecular complexity index is 335. The molecule has 0 aliphatic heterocycles. The van der Waals surface area contributed by atoms with E-state index >= 15 is 0 Å². The second-order valence-electron chi connectivity index (χ2n) is 5.53. The Morgan fingerprint density at radius 3 is 2.60 bits per heavy atom. The third kappa shape index (κ3) is 1.38. The molecule has 2 atom stereocenters. The van der Waals surface area contributed by atoms with E-state index in [1.807, 2.05) is 0 Å². The van der Waals surface area contributed by atoms with Crippen LogP contribution >= 0.6 is 12.2 Å². The molecular weight excluding hydrogens is 206 g/mol. The van der Waals surface area contributed by atoms with Crippen LogP contribution in [0.4, 0.5) is 0 Å². The predicted molar refractivity (Wildman–Crippen MR) is 66.6 cm³/mol. The van der Waals surface area contributed by atoms with Crippen molar-refractivity contribution in [1.29, 1.82) is 0 Å². The van der Waals surface area contributed by atoms with Gasteiger partial charge in [0.05, 0.1) is 0 Å². The molecule has 2 bridgehead atoms. The van der Waals surface area contributed by atoms with Crippen LogP contribution in [0.2, 0.25) is 0 Å². The number of hydrazone groups is 1. The van der Waals surface area contributed by atoms with Crippen LogP contribution in [0.5, 0.6) is 0 Å². The van der Waals surface area contributed by atoms with E-state index in [-0.39, 0.29) is 10.5 Å². The maximum absolute atomic E-state index is 5.39. The van der Waals surface area contributed by atoms with Crippen molar-refractivity contribution in [2.45, 2.75) is 40.0 Å². The number of fused-ring (bicyclic) bond motifs is 2. The number of hydrogen-bond acceptors (Lipinski definition) is 2. The van der Waals surface area contributed by atoms with Gasteiger partial charge in [-0.3, -0.25) is 5.43 Å². The van der Waals surface area contributed by atoms with Gasteiger partial charge in [-0.1, -0.05) is 20.8 Å². The van der Waals surface area contributed by atoms with Crippen LogP contribution in [0.15, 0.2) is 5.10 Å². The summed E-state index contributed by atoms with van der Waals surface area (Å²) in [6, 6.07) is 0. The van der Waals surface area contributed by atoms with Crippen LogP contribution in [-0.4, -0.2) is 10.8 Å². The monoisotopic (exact) mass is 225 g/mol. The van der Waals surface area contributed by atoms with E-state index < -0.39 is 0 Å². The van der Waals surface area contributed by atoms with Gasteiger partial charge < -0.3 is 5.73 Å². The summed E-state index contributed by atoms with van der Waals surface area (Å²) < 4.78 is 0. The molecule has 2 aliphatic carbocycles. The van der Waals surface area contributed by atoms with Gasteiger partial charge in [0, 0.05) is 11.1 Å². The number of nitrogens with two attached hydrogens (primary N) is 1.